The zero-order valence-electron chi connectivity index (χ0n) is 10.9. The molecule has 1 heterocycles. The van der Waals surface area contributed by atoms with Crippen molar-refractivity contribution in [2.75, 3.05) is 0 Å². The first-order valence-corrected chi connectivity index (χ1v) is 6.99. The highest BCUT2D eigenvalue weighted by Crippen LogP contribution is 2.36. The van der Waals surface area contributed by atoms with E-state index in [1.54, 1.807) is 0 Å². The maximum absolute atomic E-state index is 5.99. The molecule has 96 valence electrons. The average Bonchev–Trinajstić information content (AvgIpc) is 2.65. The predicted molar refractivity (Wildman–Crippen MR) is 80.9 cm³/mol. The van der Waals surface area contributed by atoms with Gasteiger partial charge in [0, 0.05) is 15.6 Å². The number of hydrogen-bond acceptors (Lipinski definition) is 2. The lowest BCUT2D eigenvalue weighted by Crippen LogP contribution is -2.16. The van der Waals surface area contributed by atoms with Crippen molar-refractivity contribution in [3.8, 4) is 0 Å². The van der Waals surface area contributed by atoms with Gasteiger partial charge >= 0.3 is 0 Å². The van der Waals surface area contributed by atoms with Gasteiger partial charge in [-0.1, -0.05) is 34.1 Å². The number of fused-ring (bicyclic) bond motifs is 1. The number of ether oxygens (including phenoxy) is 1. The lowest BCUT2D eigenvalue weighted by Gasteiger charge is -2.18. The van der Waals surface area contributed by atoms with Crippen LogP contribution in [0.4, 0.5) is 5.69 Å². The Morgan fingerprint density at radius 2 is 1.68 bits per heavy atom. The molecule has 2 nitrogen and oxygen atoms in total. The minimum Gasteiger partial charge on any atom is -0.466 e. The van der Waals surface area contributed by atoms with Crippen molar-refractivity contribution in [3.05, 3.63) is 64.1 Å². The minimum absolute atomic E-state index is 0.315. The molecule has 0 fully saturated rings. The van der Waals surface area contributed by atoms with Crippen LogP contribution in [0.25, 0.3) is 0 Å². The fourth-order valence-electron chi connectivity index (χ4n) is 2.26. The van der Waals surface area contributed by atoms with E-state index in [1.165, 1.54) is 5.56 Å². The number of hydrogen-bond donors (Lipinski definition) is 0. The third-order valence-corrected chi connectivity index (χ3v) is 3.74. The fraction of sp³-hybridized carbons (Fsp3) is 0.188. The van der Waals surface area contributed by atoms with Gasteiger partial charge in [-0.25, -0.2) is 4.99 Å². The van der Waals surface area contributed by atoms with Gasteiger partial charge in [-0.3, -0.25) is 0 Å². The molecule has 0 amide bonds. The van der Waals surface area contributed by atoms with Gasteiger partial charge in [0.25, 0.3) is 0 Å². The van der Waals surface area contributed by atoms with E-state index >= 15 is 0 Å². The summed E-state index contributed by atoms with van der Waals surface area (Å²) in [5.74, 6) is 0.697. The van der Waals surface area contributed by atoms with Gasteiger partial charge in [-0.2, -0.15) is 0 Å². The maximum Gasteiger partial charge on any atom is 0.222 e. The van der Waals surface area contributed by atoms with Crippen LogP contribution in [0.3, 0.4) is 0 Å². The van der Waals surface area contributed by atoms with Crippen LogP contribution < -0.4 is 0 Å². The molecule has 0 unspecified atom stereocenters. The van der Waals surface area contributed by atoms with Crippen molar-refractivity contribution in [1.29, 1.82) is 0 Å². The second-order valence-corrected chi connectivity index (χ2v) is 5.97. The molecule has 0 aliphatic carbocycles. The molecule has 19 heavy (non-hydrogen) atoms. The second-order valence-electron chi connectivity index (χ2n) is 5.05. The molecule has 0 bridgehead atoms. The lowest BCUT2D eigenvalue weighted by atomic mass is 9.96. The molecule has 3 rings (SSSR count). The van der Waals surface area contributed by atoms with E-state index < -0.39 is 0 Å². The van der Waals surface area contributed by atoms with Crippen LogP contribution in [0.15, 0.2) is 58.0 Å². The molecule has 0 radical (unpaired) electrons. The fourth-order valence-corrected chi connectivity index (χ4v) is 2.53. The van der Waals surface area contributed by atoms with Gasteiger partial charge in [0.15, 0.2) is 0 Å². The largest absolute Gasteiger partial charge is 0.466 e. The van der Waals surface area contributed by atoms with Crippen LogP contribution in [0, 0.1) is 0 Å². The zero-order chi connectivity index (χ0) is 13.5. The summed E-state index contributed by atoms with van der Waals surface area (Å²) in [5.41, 5.74) is 2.84. The Morgan fingerprint density at radius 3 is 2.42 bits per heavy atom. The van der Waals surface area contributed by atoms with Crippen LogP contribution in [-0.4, -0.2) is 5.90 Å². The molecule has 0 spiro atoms. The first-order chi connectivity index (χ1) is 9.06. The highest BCUT2D eigenvalue weighted by Gasteiger charge is 2.35. The van der Waals surface area contributed by atoms with Crippen LogP contribution in [-0.2, 0) is 10.3 Å². The molecule has 0 aromatic heterocycles. The van der Waals surface area contributed by atoms with Crippen molar-refractivity contribution in [1.82, 2.24) is 0 Å². The SMILES string of the molecule is CC1(C)OC(=Nc2ccc(Br)cc2)c2ccccc21. The Morgan fingerprint density at radius 1 is 1.00 bits per heavy atom. The van der Waals surface area contributed by atoms with E-state index in [0.717, 1.165) is 15.7 Å². The Kier molecular flexibility index (Phi) is 2.94. The standard InChI is InChI=1S/C16H14BrNO/c1-16(2)14-6-4-3-5-13(14)15(19-16)18-12-9-7-11(17)8-10-12/h3-10H,1-2H3. The number of aliphatic imine (C=N–C) groups is 1. The summed E-state index contributed by atoms with van der Waals surface area (Å²) in [6, 6.07) is 16.1. The Hall–Kier alpha value is -1.61. The Balaban J connectivity index is 2.06. The smallest absolute Gasteiger partial charge is 0.222 e. The van der Waals surface area contributed by atoms with Gasteiger partial charge < -0.3 is 4.74 Å². The molecule has 0 N–H and O–H groups in total. The molecule has 0 saturated carbocycles. The number of nitrogens with zero attached hydrogens (tertiary/aromatic N) is 1. The van der Waals surface area contributed by atoms with Crippen LogP contribution in [0.2, 0.25) is 0 Å². The van der Waals surface area contributed by atoms with E-state index in [-0.39, 0.29) is 5.60 Å². The number of halogens is 1. The monoisotopic (exact) mass is 315 g/mol. The zero-order valence-corrected chi connectivity index (χ0v) is 12.4. The summed E-state index contributed by atoms with van der Waals surface area (Å²) in [6.45, 7) is 4.13. The Bertz CT molecular complexity index is 644. The highest BCUT2D eigenvalue weighted by atomic mass is 79.9. The van der Waals surface area contributed by atoms with Gasteiger partial charge in [0.05, 0.1) is 5.69 Å². The molecule has 3 heteroatoms. The first kappa shape index (κ1) is 12.4. The summed E-state index contributed by atoms with van der Waals surface area (Å²) in [5, 5.41) is 0. The van der Waals surface area contributed by atoms with E-state index in [4.69, 9.17) is 4.74 Å². The van der Waals surface area contributed by atoms with Crippen LogP contribution >= 0.6 is 15.9 Å². The maximum atomic E-state index is 5.99. The van der Waals surface area contributed by atoms with Crippen LogP contribution in [0.1, 0.15) is 25.0 Å². The molecule has 2 aromatic rings. The topological polar surface area (TPSA) is 21.6 Å². The quantitative estimate of drug-likeness (QED) is 0.741. The molecule has 0 atom stereocenters. The summed E-state index contributed by atoms with van der Waals surface area (Å²) < 4.78 is 7.04. The van der Waals surface area contributed by atoms with Crippen molar-refractivity contribution in [3.63, 3.8) is 0 Å². The summed E-state index contributed by atoms with van der Waals surface area (Å²) in [7, 11) is 0. The molecule has 1 aliphatic heterocycles. The second kappa shape index (κ2) is 4.49. The van der Waals surface area contributed by atoms with Crippen molar-refractivity contribution >= 4 is 27.5 Å². The van der Waals surface area contributed by atoms with Gasteiger partial charge in [-0.15, -0.1) is 0 Å². The third-order valence-electron chi connectivity index (χ3n) is 3.22. The van der Waals surface area contributed by atoms with E-state index in [1.807, 2.05) is 36.4 Å². The van der Waals surface area contributed by atoms with E-state index in [2.05, 4.69) is 46.9 Å². The molecule has 1 aliphatic rings. The molecular formula is C16H14BrNO. The number of benzene rings is 2. The Labute approximate surface area is 121 Å². The molecular weight excluding hydrogens is 302 g/mol. The summed E-state index contributed by atoms with van der Waals surface area (Å²) >= 11 is 3.42. The predicted octanol–water partition coefficient (Wildman–Crippen LogP) is 4.79. The molecule has 2 aromatic carbocycles. The highest BCUT2D eigenvalue weighted by molar-refractivity contribution is 9.10. The molecule has 0 saturated heterocycles. The van der Waals surface area contributed by atoms with Gasteiger partial charge in [0.2, 0.25) is 5.90 Å². The van der Waals surface area contributed by atoms with Crippen LogP contribution in [0.5, 0.6) is 0 Å². The van der Waals surface area contributed by atoms with Crippen molar-refractivity contribution in [2.45, 2.75) is 19.4 Å². The van der Waals surface area contributed by atoms with Gasteiger partial charge in [-0.05, 0) is 44.2 Å². The average molecular weight is 316 g/mol. The van der Waals surface area contributed by atoms with Gasteiger partial charge in [0.1, 0.15) is 5.60 Å². The first-order valence-electron chi connectivity index (χ1n) is 6.19. The van der Waals surface area contributed by atoms with Crippen molar-refractivity contribution < 1.29 is 4.74 Å². The number of rotatable bonds is 1. The summed E-state index contributed by atoms with van der Waals surface area (Å²) in [6.07, 6.45) is 0. The normalized spacial score (nSPS) is 18.2. The lowest BCUT2D eigenvalue weighted by molar-refractivity contribution is 0.111. The van der Waals surface area contributed by atoms with E-state index in [0.29, 0.717) is 5.90 Å². The minimum atomic E-state index is -0.315. The van der Waals surface area contributed by atoms with E-state index in [9.17, 15) is 0 Å². The van der Waals surface area contributed by atoms with Crippen molar-refractivity contribution in [2.24, 2.45) is 4.99 Å². The summed E-state index contributed by atoms with van der Waals surface area (Å²) in [4.78, 5) is 4.61. The third kappa shape index (κ3) is 2.30.